The maximum Gasteiger partial charge on any atom is 0.218 e. The zero-order valence-corrected chi connectivity index (χ0v) is 17.7. The molecule has 2 aromatic carbocycles. The van der Waals surface area contributed by atoms with E-state index in [0.29, 0.717) is 61.4 Å². The molecule has 0 aromatic heterocycles. The van der Waals surface area contributed by atoms with Crippen molar-refractivity contribution in [3.63, 3.8) is 0 Å². The van der Waals surface area contributed by atoms with Gasteiger partial charge in [-0.25, -0.2) is 8.51 Å². The van der Waals surface area contributed by atoms with E-state index in [1.165, 1.54) is 4.90 Å². The molecule has 158 valence electrons. The molecule has 1 atom stereocenters. The fraction of sp³-hybridized carbons (Fsp3) is 0.409. The number of carbonyl (C=O) groups excluding carboxylic acids is 1. The number of carbonyl (C=O) groups is 1. The quantitative estimate of drug-likeness (QED) is 0.662. The second kappa shape index (κ2) is 9.25. The molecular formula is C22H24N2O5S. The van der Waals surface area contributed by atoms with Crippen LogP contribution >= 0.6 is 0 Å². The Labute approximate surface area is 179 Å². The zero-order chi connectivity index (χ0) is 21.0. The number of rotatable bonds is 6. The predicted molar refractivity (Wildman–Crippen MR) is 111 cm³/mol. The lowest BCUT2D eigenvalue weighted by molar-refractivity contribution is -0.264. The Morgan fingerprint density at radius 2 is 1.90 bits per heavy atom. The van der Waals surface area contributed by atoms with Gasteiger partial charge in [0.1, 0.15) is 11.0 Å². The summed E-state index contributed by atoms with van der Waals surface area (Å²) in [6.07, 6.45) is 1.54. The molecule has 2 aliphatic heterocycles. The largest absolute Gasteiger partial charge is 0.379 e. The first-order valence-electron chi connectivity index (χ1n) is 9.92. The van der Waals surface area contributed by atoms with Crippen molar-refractivity contribution < 1.29 is 23.2 Å². The van der Waals surface area contributed by atoms with Gasteiger partial charge in [0.15, 0.2) is 5.79 Å². The third-order valence-corrected chi connectivity index (χ3v) is 6.68. The van der Waals surface area contributed by atoms with E-state index in [1.54, 1.807) is 30.3 Å². The summed E-state index contributed by atoms with van der Waals surface area (Å²) in [6, 6.07) is 16.3. The standard InChI is InChI=1S/C22H24N2O5S/c1-22(28-12-5-13-29-22)20-16-19(30(26)23-10-14-27-15-11-23)8-9-21(20)24(17-25)18-6-3-2-4-7-18/h3,6-9,16-17H,5,10-15H2,1H3. The van der Waals surface area contributed by atoms with Crippen LogP contribution in [0.4, 0.5) is 11.4 Å². The van der Waals surface area contributed by atoms with Crippen LogP contribution in [0.2, 0.25) is 0 Å². The first-order valence-corrected chi connectivity index (χ1v) is 11.0. The summed E-state index contributed by atoms with van der Waals surface area (Å²) in [7, 11) is -1.35. The molecule has 7 nitrogen and oxygen atoms in total. The highest BCUT2D eigenvalue weighted by molar-refractivity contribution is 7.82. The molecule has 0 saturated carbocycles. The van der Waals surface area contributed by atoms with Gasteiger partial charge in [-0.05, 0) is 43.7 Å². The van der Waals surface area contributed by atoms with Crippen molar-refractivity contribution in [1.29, 1.82) is 0 Å². The summed E-state index contributed by atoms with van der Waals surface area (Å²) in [5.41, 5.74) is 1.91. The highest BCUT2D eigenvalue weighted by Gasteiger charge is 2.36. The van der Waals surface area contributed by atoms with E-state index in [0.717, 1.165) is 12.8 Å². The van der Waals surface area contributed by atoms with Gasteiger partial charge in [0, 0.05) is 24.7 Å². The Hall–Kier alpha value is -2.28. The van der Waals surface area contributed by atoms with Gasteiger partial charge in [-0.2, -0.15) is 0 Å². The minimum Gasteiger partial charge on any atom is -0.379 e. The van der Waals surface area contributed by atoms with Gasteiger partial charge in [-0.3, -0.25) is 9.69 Å². The van der Waals surface area contributed by atoms with Crippen LogP contribution in [0.5, 0.6) is 0 Å². The third kappa shape index (κ3) is 4.26. The molecule has 0 radical (unpaired) electrons. The number of hydrogen-bond acceptors (Lipinski definition) is 5. The number of hydrogen-bond donors (Lipinski definition) is 0. The molecule has 4 rings (SSSR count). The third-order valence-electron chi connectivity index (χ3n) is 5.19. The fourth-order valence-corrected chi connectivity index (χ4v) is 4.78. The number of amides is 1. The van der Waals surface area contributed by atoms with Crippen LogP contribution in [0.15, 0.2) is 41.3 Å². The summed E-state index contributed by atoms with van der Waals surface area (Å²) in [5, 5.41) is 0. The van der Waals surface area contributed by atoms with Crippen LogP contribution in [-0.2, 0) is 35.8 Å². The Bertz CT molecular complexity index is 896. The van der Waals surface area contributed by atoms with Crippen LogP contribution in [0.1, 0.15) is 18.9 Å². The molecule has 0 bridgehead atoms. The maximum atomic E-state index is 13.2. The monoisotopic (exact) mass is 428 g/mol. The molecular weight excluding hydrogens is 404 g/mol. The van der Waals surface area contributed by atoms with Gasteiger partial charge >= 0.3 is 0 Å². The van der Waals surface area contributed by atoms with Crippen molar-refractivity contribution in [2.24, 2.45) is 0 Å². The van der Waals surface area contributed by atoms with E-state index in [9.17, 15) is 9.00 Å². The molecule has 2 fully saturated rings. The molecule has 30 heavy (non-hydrogen) atoms. The fourth-order valence-electron chi connectivity index (χ4n) is 3.59. The maximum absolute atomic E-state index is 13.2. The predicted octanol–water partition coefficient (Wildman–Crippen LogP) is 2.55. The molecule has 8 heteroatoms. The van der Waals surface area contributed by atoms with Gasteiger partial charge in [-0.1, -0.05) is 12.1 Å². The number of anilines is 2. The number of morpholine rings is 1. The molecule has 1 unspecified atom stereocenters. The lowest BCUT2D eigenvalue weighted by Gasteiger charge is -2.37. The van der Waals surface area contributed by atoms with Crippen LogP contribution < -0.4 is 4.90 Å². The normalized spacial score (nSPS) is 20.2. The molecule has 1 amide bonds. The molecule has 2 saturated heterocycles. The van der Waals surface area contributed by atoms with Crippen LogP contribution in [0, 0.1) is 12.1 Å². The smallest absolute Gasteiger partial charge is 0.218 e. The van der Waals surface area contributed by atoms with E-state index < -0.39 is 16.8 Å². The highest BCUT2D eigenvalue weighted by Crippen LogP contribution is 2.39. The van der Waals surface area contributed by atoms with E-state index in [1.807, 2.05) is 17.3 Å². The SMILES string of the molecule is CC1(c2cc(S(=O)N3CCOCC3)ccc2N(C=O)c2cc#ccc2)OCCCO1. The van der Waals surface area contributed by atoms with Crippen molar-refractivity contribution in [2.45, 2.75) is 24.0 Å². The lowest BCUT2D eigenvalue weighted by atomic mass is 10.0. The molecule has 2 heterocycles. The van der Waals surface area contributed by atoms with E-state index in [4.69, 9.17) is 14.2 Å². The van der Waals surface area contributed by atoms with Crippen molar-refractivity contribution >= 4 is 28.8 Å². The average molecular weight is 429 g/mol. The summed E-state index contributed by atoms with van der Waals surface area (Å²) in [5.74, 6) is -1.05. The summed E-state index contributed by atoms with van der Waals surface area (Å²) < 4.78 is 32.4. The van der Waals surface area contributed by atoms with Gasteiger partial charge in [0.2, 0.25) is 6.41 Å². The Morgan fingerprint density at radius 1 is 1.13 bits per heavy atom. The topological polar surface area (TPSA) is 68.3 Å². The van der Waals surface area contributed by atoms with Crippen molar-refractivity contribution in [2.75, 3.05) is 44.4 Å². The minimum absolute atomic E-state index is 0.544. The summed E-state index contributed by atoms with van der Waals surface area (Å²) >= 11 is 0. The number of benzene rings is 1. The zero-order valence-electron chi connectivity index (χ0n) is 16.8. The molecule has 0 spiro atoms. The Balaban J connectivity index is 1.77. The minimum atomic E-state index is -1.35. The Morgan fingerprint density at radius 3 is 2.57 bits per heavy atom. The van der Waals surface area contributed by atoms with Gasteiger partial charge in [0.05, 0.1) is 42.7 Å². The van der Waals surface area contributed by atoms with Crippen LogP contribution in [0.25, 0.3) is 0 Å². The Kier molecular flexibility index (Phi) is 6.46. The van der Waals surface area contributed by atoms with E-state index >= 15 is 0 Å². The van der Waals surface area contributed by atoms with E-state index in [2.05, 4.69) is 12.1 Å². The van der Waals surface area contributed by atoms with Crippen molar-refractivity contribution in [3.8, 4) is 0 Å². The molecule has 0 aliphatic carbocycles. The summed E-state index contributed by atoms with van der Waals surface area (Å²) in [6.45, 7) is 5.24. The van der Waals surface area contributed by atoms with Gasteiger partial charge < -0.3 is 14.2 Å². The lowest BCUT2D eigenvalue weighted by Crippen LogP contribution is -2.38. The second-order valence-corrected chi connectivity index (χ2v) is 8.62. The van der Waals surface area contributed by atoms with Crippen molar-refractivity contribution in [3.05, 3.63) is 54.1 Å². The molecule has 2 aromatic rings. The van der Waals surface area contributed by atoms with E-state index in [-0.39, 0.29) is 0 Å². The van der Waals surface area contributed by atoms with Gasteiger partial charge in [-0.15, -0.1) is 0 Å². The highest BCUT2D eigenvalue weighted by atomic mass is 32.2. The van der Waals surface area contributed by atoms with Gasteiger partial charge in [0.25, 0.3) is 0 Å². The van der Waals surface area contributed by atoms with Crippen LogP contribution in [-0.4, -0.2) is 54.4 Å². The number of nitrogens with zero attached hydrogens (tertiary/aromatic N) is 2. The first kappa shape index (κ1) is 21.0. The second-order valence-electron chi connectivity index (χ2n) is 7.13. The average Bonchev–Trinajstić information content (AvgIpc) is 2.81. The number of ether oxygens (including phenoxy) is 3. The summed E-state index contributed by atoms with van der Waals surface area (Å²) in [4.78, 5) is 14.2. The van der Waals surface area contributed by atoms with Crippen molar-refractivity contribution in [1.82, 2.24) is 4.31 Å². The first-order chi connectivity index (χ1) is 14.6. The molecule has 0 N–H and O–H groups in total. The van der Waals surface area contributed by atoms with Crippen LogP contribution in [0.3, 0.4) is 0 Å². The molecule has 2 aliphatic rings.